The van der Waals surface area contributed by atoms with Crippen LogP contribution in [0, 0.1) is 11.8 Å². The minimum atomic E-state index is 0.165. The van der Waals surface area contributed by atoms with Crippen LogP contribution in [-0.2, 0) is 11.3 Å². The molecule has 1 aromatic rings. The summed E-state index contributed by atoms with van der Waals surface area (Å²) < 4.78 is 0. The molecule has 1 saturated carbocycles. The van der Waals surface area contributed by atoms with Crippen molar-refractivity contribution in [2.45, 2.75) is 51.5 Å². The Hall–Kier alpha value is -1.84. The molecular weight excluding hydrogens is 312 g/mol. The standard InChI is InChI=1S/C21H28N2O2/c24-20-9-4-11-22(20)14-16-5-3-8-18(13-16)21(25)23-12-10-17-6-1-2-7-19(17)15-23/h3,5,8,13,17,19H,1-2,4,6-7,9-12,14-15H2/t17-,19-/m0/s1. The van der Waals surface area contributed by atoms with Crippen LogP contribution in [0.15, 0.2) is 24.3 Å². The minimum Gasteiger partial charge on any atom is -0.338 e. The highest BCUT2D eigenvalue weighted by atomic mass is 16.2. The van der Waals surface area contributed by atoms with Gasteiger partial charge in [0.1, 0.15) is 0 Å². The summed E-state index contributed by atoms with van der Waals surface area (Å²) in [5.74, 6) is 1.94. The lowest BCUT2D eigenvalue weighted by Crippen LogP contribution is -2.44. The topological polar surface area (TPSA) is 40.6 Å². The van der Waals surface area contributed by atoms with E-state index in [2.05, 4.69) is 4.90 Å². The third kappa shape index (κ3) is 3.58. The molecule has 0 spiro atoms. The fourth-order valence-electron chi connectivity index (χ4n) is 4.86. The second kappa shape index (κ2) is 7.19. The number of fused-ring (bicyclic) bond motifs is 1. The highest BCUT2D eigenvalue weighted by molar-refractivity contribution is 5.94. The van der Waals surface area contributed by atoms with Gasteiger partial charge < -0.3 is 9.80 Å². The van der Waals surface area contributed by atoms with Crippen molar-refractivity contribution in [2.75, 3.05) is 19.6 Å². The number of nitrogens with zero attached hydrogens (tertiary/aromatic N) is 2. The van der Waals surface area contributed by atoms with Crippen molar-refractivity contribution in [1.82, 2.24) is 9.80 Å². The van der Waals surface area contributed by atoms with Crippen molar-refractivity contribution in [1.29, 1.82) is 0 Å². The van der Waals surface area contributed by atoms with E-state index in [9.17, 15) is 9.59 Å². The highest BCUT2D eigenvalue weighted by Gasteiger charge is 2.33. The van der Waals surface area contributed by atoms with Gasteiger partial charge in [-0.2, -0.15) is 0 Å². The Labute approximate surface area is 150 Å². The number of hydrogen-bond donors (Lipinski definition) is 0. The first-order valence-corrected chi connectivity index (χ1v) is 9.87. The summed E-state index contributed by atoms with van der Waals surface area (Å²) in [4.78, 5) is 28.8. The summed E-state index contributed by atoms with van der Waals surface area (Å²) in [6, 6.07) is 7.89. The van der Waals surface area contributed by atoms with Gasteiger partial charge in [-0.3, -0.25) is 9.59 Å². The molecule has 4 heteroatoms. The monoisotopic (exact) mass is 340 g/mol. The zero-order valence-corrected chi connectivity index (χ0v) is 15.0. The second-order valence-electron chi connectivity index (χ2n) is 7.96. The predicted molar refractivity (Wildman–Crippen MR) is 97.1 cm³/mol. The fraction of sp³-hybridized carbons (Fsp3) is 0.619. The zero-order chi connectivity index (χ0) is 17.2. The number of carbonyl (C=O) groups excluding carboxylic acids is 2. The Morgan fingerprint density at radius 2 is 1.88 bits per heavy atom. The SMILES string of the molecule is O=C1CCCN1Cc1cccc(C(=O)N2CC[C@@H]3CCCC[C@H]3C2)c1. The Balaban J connectivity index is 1.43. The molecule has 4 rings (SSSR count). The molecule has 3 fully saturated rings. The summed E-state index contributed by atoms with van der Waals surface area (Å²) in [6.07, 6.45) is 8.10. The van der Waals surface area contributed by atoms with E-state index in [1.54, 1.807) is 0 Å². The highest BCUT2D eigenvalue weighted by Crippen LogP contribution is 2.36. The first-order valence-electron chi connectivity index (χ1n) is 9.87. The molecule has 2 amide bonds. The quantitative estimate of drug-likeness (QED) is 0.845. The van der Waals surface area contributed by atoms with E-state index in [-0.39, 0.29) is 11.8 Å². The maximum Gasteiger partial charge on any atom is 0.253 e. The fourth-order valence-corrected chi connectivity index (χ4v) is 4.86. The van der Waals surface area contributed by atoms with Gasteiger partial charge >= 0.3 is 0 Å². The van der Waals surface area contributed by atoms with E-state index >= 15 is 0 Å². The molecule has 3 aliphatic rings. The van der Waals surface area contributed by atoms with Gasteiger partial charge in [0.2, 0.25) is 5.91 Å². The average molecular weight is 340 g/mol. The van der Waals surface area contributed by atoms with E-state index < -0.39 is 0 Å². The molecule has 2 aliphatic heterocycles. The van der Waals surface area contributed by atoms with Crippen molar-refractivity contribution in [3.05, 3.63) is 35.4 Å². The van der Waals surface area contributed by atoms with Gasteiger partial charge in [-0.05, 0) is 48.8 Å². The molecule has 2 atom stereocenters. The number of benzene rings is 1. The molecule has 0 unspecified atom stereocenters. The molecular formula is C21H28N2O2. The summed E-state index contributed by atoms with van der Waals surface area (Å²) in [7, 11) is 0. The van der Waals surface area contributed by atoms with Crippen LogP contribution in [-0.4, -0.2) is 41.2 Å². The van der Waals surface area contributed by atoms with Crippen molar-refractivity contribution >= 4 is 11.8 Å². The lowest BCUT2D eigenvalue weighted by atomic mass is 9.75. The van der Waals surface area contributed by atoms with E-state index in [4.69, 9.17) is 0 Å². The first kappa shape index (κ1) is 16.6. The zero-order valence-electron chi connectivity index (χ0n) is 15.0. The molecule has 25 heavy (non-hydrogen) atoms. The molecule has 0 bridgehead atoms. The van der Waals surface area contributed by atoms with Gasteiger partial charge in [0.15, 0.2) is 0 Å². The number of hydrogen-bond acceptors (Lipinski definition) is 2. The Morgan fingerprint density at radius 3 is 2.68 bits per heavy atom. The van der Waals surface area contributed by atoms with E-state index in [0.717, 1.165) is 43.1 Å². The molecule has 2 heterocycles. The number of piperidine rings is 1. The number of carbonyl (C=O) groups is 2. The second-order valence-corrected chi connectivity index (χ2v) is 7.96. The minimum absolute atomic E-state index is 0.165. The summed E-state index contributed by atoms with van der Waals surface area (Å²) in [5, 5.41) is 0. The molecule has 2 saturated heterocycles. The number of amides is 2. The lowest BCUT2D eigenvalue weighted by Gasteiger charge is -2.41. The molecule has 0 aromatic heterocycles. The summed E-state index contributed by atoms with van der Waals surface area (Å²) >= 11 is 0. The van der Waals surface area contributed by atoms with Gasteiger partial charge in [-0.15, -0.1) is 0 Å². The molecule has 4 nitrogen and oxygen atoms in total. The van der Waals surface area contributed by atoms with Crippen LogP contribution >= 0.6 is 0 Å². The van der Waals surface area contributed by atoms with Crippen LogP contribution in [0.1, 0.15) is 60.9 Å². The van der Waals surface area contributed by atoms with Gasteiger partial charge in [0.05, 0.1) is 0 Å². The van der Waals surface area contributed by atoms with Gasteiger partial charge in [-0.25, -0.2) is 0 Å². The van der Waals surface area contributed by atoms with Crippen LogP contribution in [0.4, 0.5) is 0 Å². The van der Waals surface area contributed by atoms with Crippen LogP contribution in [0.5, 0.6) is 0 Å². The Morgan fingerprint density at radius 1 is 1.04 bits per heavy atom. The van der Waals surface area contributed by atoms with Crippen LogP contribution in [0.25, 0.3) is 0 Å². The van der Waals surface area contributed by atoms with Crippen LogP contribution in [0.3, 0.4) is 0 Å². The Bertz CT molecular complexity index is 657. The lowest BCUT2D eigenvalue weighted by molar-refractivity contribution is -0.128. The van der Waals surface area contributed by atoms with Crippen molar-refractivity contribution in [3.63, 3.8) is 0 Å². The summed E-state index contributed by atoms with van der Waals surface area (Å²) in [6.45, 7) is 3.30. The molecule has 0 radical (unpaired) electrons. The van der Waals surface area contributed by atoms with Crippen LogP contribution in [0.2, 0.25) is 0 Å². The summed E-state index contributed by atoms with van der Waals surface area (Å²) in [5.41, 5.74) is 1.84. The van der Waals surface area contributed by atoms with Crippen molar-refractivity contribution in [3.8, 4) is 0 Å². The first-order chi connectivity index (χ1) is 12.2. The van der Waals surface area contributed by atoms with Gasteiger partial charge in [0, 0.05) is 38.2 Å². The van der Waals surface area contributed by atoms with Crippen molar-refractivity contribution in [2.24, 2.45) is 11.8 Å². The Kier molecular flexibility index (Phi) is 4.78. The predicted octanol–water partition coefficient (Wildman–Crippen LogP) is 3.46. The van der Waals surface area contributed by atoms with E-state index in [1.807, 2.05) is 29.2 Å². The maximum absolute atomic E-state index is 13.0. The number of rotatable bonds is 3. The van der Waals surface area contributed by atoms with E-state index in [0.29, 0.717) is 18.9 Å². The number of likely N-dealkylation sites (tertiary alicyclic amines) is 2. The van der Waals surface area contributed by atoms with Gasteiger partial charge in [0.25, 0.3) is 5.91 Å². The average Bonchev–Trinajstić information content (AvgIpc) is 3.05. The molecule has 0 N–H and O–H groups in total. The van der Waals surface area contributed by atoms with E-state index in [1.165, 1.54) is 32.1 Å². The third-order valence-corrected chi connectivity index (χ3v) is 6.30. The smallest absolute Gasteiger partial charge is 0.253 e. The largest absolute Gasteiger partial charge is 0.338 e. The molecule has 134 valence electrons. The van der Waals surface area contributed by atoms with Crippen LogP contribution < -0.4 is 0 Å². The molecule has 1 aliphatic carbocycles. The van der Waals surface area contributed by atoms with Gasteiger partial charge in [-0.1, -0.05) is 31.4 Å². The van der Waals surface area contributed by atoms with Crippen molar-refractivity contribution < 1.29 is 9.59 Å². The molecule has 1 aromatic carbocycles. The maximum atomic E-state index is 13.0. The normalized spacial score (nSPS) is 26.6. The third-order valence-electron chi connectivity index (χ3n) is 6.30.